The fourth-order valence-corrected chi connectivity index (χ4v) is 1.59. The Morgan fingerprint density at radius 1 is 1.40 bits per heavy atom. The van der Waals surface area contributed by atoms with Crippen molar-refractivity contribution in [3.8, 4) is 5.75 Å². The number of nitrogens with one attached hydrogen (secondary N) is 1. The average Bonchev–Trinajstić information content (AvgIpc) is 2.27. The number of nitrogen functional groups attached to an aromatic ring is 1. The Morgan fingerprint density at radius 2 is 2.20 bits per heavy atom. The van der Waals surface area contributed by atoms with E-state index >= 15 is 0 Å². The average molecular weight is 203 g/mol. The lowest BCUT2D eigenvalue weighted by atomic mass is 10.1. The van der Waals surface area contributed by atoms with Gasteiger partial charge in [-0.1, -0.05) is 6.07 Å². The van der Waals surface area contributed by atoms with Crippen molar-refractivity contribution in [1.29, 1.82) is 0 Å². The standard InChI is InChI=1S/C11H13N3O/c1-7-10(14-12)6-8-9(13-7)4-3-5-11(8)15-2/h3-6,14H,12H2,1-2H3. The monoisotopic (exact) mass is 203 g/mol. The first-order valence-corrected chi connectivity index (χ1v) is 4.67. The zero-order valence-corrected chi connectivity index (χ0v) is 8.74. The van der Waals surface area contributed by atoms with E-state index in [0.717, 1.165) is 28.0 Å². The molecule has 4 nitrogen and oxygen atoms in total. The number of pyridine rings is 1. The molecule has 0 unspecified atom stereocenters. The van der Waals surface area contributed by atoms with E-state index in [9.17, 15) is 0 Å². The van der Waals surface area contributed by atoms with E-state index in [1.54, 1.807) is 7.11 Å². The third-order valence-electron chi connectivity index (χ3n) is 2.39. The number of anilines is 1. The highest BCUT2D eigenvalue weighted by Crippen LogP contribution is 2.27. The third-order valence-corrected chi connectivity index (χ3v) is 2.39. The summed E-state index contributed by atoms with van der Waals surface area (Å²) in [5.41, 5.74) is 5.21. The molecule has 2 aromatic rings. The summed E-state index contributed by atoms with van der Waals surface area (Å²) in [6.07, 6.45) is 0. The van der Waals surface area contributed by atoms with E-state index in [2.05, 4.69) is 10.4 Å². The van der Waals surface area contributed by atoms with Crippen molar-refractivity contribution in [2.24, 2.45) is 5.84 Å². The van der Waals surface area contributed by atoms with Crippen LogP contribution in [0.2, 0.25) is 0 Å². The molecule has 78 valence electrons. The normalized spacial score (nSPS) is 10.3. The largest absolute Gasteiger partial charge is 0.496 e. The van der Waals surface area contributed by atoms with Crippen LogP contribution in [0, 0.1) is 6.92 Å². The first kappa shape index (κ1) is 9.73. The molecule has 0 amide bonds. The fraction of sp³-hybridized carbons (Fsp3) is 0.182. The second-order valence-electron chi connectivity index (χ2n) is 3.29. The van der Waals surface area contributed by atoms with Crippen molar-refractivity contribution >= 4 is 16.6 Å². The van der Waals surface area contributed by atoms with Crippen LogP contribution in [0.25, 0.3) is 10.9 Å². The topological polar surface area (TPSA) is 60.2 Å². The van der Waals surface area contributed by atoms with Crippen molar-refractivity contribution < 1.29 is 4.74 Å². The van der Waals surface area contributed by atoms with Gasteiger partial charge in [0.2, 0.25) is 0 Å². The summed E-state index contributed by atoms with van der Waals surface area (Å²) in [5.74, 6) is 6.20. The zero-order chi connectivity index (χ0) is 10.8. The number of benzene rings is 1. The number of fused-ring (bicyclic) bond motifs is 1. The molecule has 0 spiro atoms. The van der Waals surface area contributed by atoms with Gasteiger partial charge in [0.25, 0.3) is 0 Å². The maximum Gasteiger partial charge on any atom is 0.128 e. The first-order chi connectivity index (χ1) is 7.26. The van der Waals surface area contributed by atoms with Crippen LogP contribution >= 0.6 is 0 Å². The number of aromatic nitrogens is 1. The van der Waals surface area contributed by atoms with Gasteiger partial charge in [0.1, 0.15) is 5.75 Å². The van der Waals surface area contributed by atoms with E-state index in [4.69, 9.17) is 10.6 Å². The summed E-state index contributed by atoms with van der Waals surface area (Å²) < 4.78 is 5.26. The number of nitrogens with zero attached hydrogens (tertiary/aromatic N) is 1. The second-order valence-corrected chi connectivity index (χ2v) is 3.29. The molecule has 0 saturated heterocycles. The summed E-state index contributed by atoms with van der Waals surface area (Å²) in [7, 11) is 1.64. The summed E-state index contributed by atoms with van der Waals surface area (Å²) in [4.78, 5) is 4.43. The molecule has 1 aromatic heterocycles. The Hall–Kier alpha value is -1.81. The molecule has 0 fully saturated rings. The Labute approximate surface area is 88.0 Å². The molecule has 4 heteroatoms. The number of nitrogens with two attached hydrogens (primary N) is 1. The van der Waals surface area contributed by atoms with Crippen molar-refractivity contribution in [1.82, 2.24) is 4.98 Å². The number of hydrazine groups is 1. The molecule has 3 N–H and O–H groups in total. The predicted molar refractivity (Wildman–Crippen MR) is 60.8 cm³/mol. The van der Waals surface area contributed by atoms with E-state index in [-0.39, 0.29) is 0 Å². The van der Waals surface area contributed by atoms with Crippen LogP contribution in [0.1, 0.15) is 5.69 Å². The van der Waals surface area contributed by atoms with Crippen molar-refractivity contribution in [2.75, 3.05) is 12.5 Å². The number of hydrogen-bond donors (Lipinski definition) is 2. The smallest absolute Gasteiger partial charge is 0.128 e. The molecule has 0 atom stereocenters. The summed E-state index contributed by atoms with van der Waals surface area (Å²) in [5, 5.41) is 0.957. The van der Waals surface area contributed by atoms with Crippen LogP contribution in [0.4, 0.5) is 5.69 Å². The van der Waals surface area contributed by atoms with Gasteiger partial charge >= 0.3 is 0 Å². The molecule has 2 rings (SSSR count). The lowest BCUT2D eigenvalue weighted by Crippen LogP contribution is -2.09. The van der Waals surface area contributed by atoms with Gasteiger partial charge in [-0.3, -0.25) is 10.8 Å². The van der Waals surface area contributed by atoms with Crippen LogP contribution in [-0.4, -0.2) is 12.1 Å². The summed E-state index contributed by atoms with van der Waals surface area (Å²) in [6, 6.07) is 7.71. The molecular weight excluding hydrogens is 190 g/mol. The van der Waals surface area contributed by atoms with E-state index in [0.29, 0.717) is 0 Å². The molecule has 0 aliphatic carbocycles. The van der Waals surface area contributed by atoms with Gasteiger partial charge in [-0.15, -0.1) is 0 Å². The van der Waals surface area contributed by atoms with Gasteiger partial charge < -0.3 is 10.2 Å². The molecule has 0 aliphatic rings. The van der Waals surface area contributed by atoms with E-state index in [1.165, 1.54) is 0 Å². The first-order valence-electron chi connectivity index (χ1n) is 4.67. The molecule has 15 heavy (non-hydrogen) atoms. The van der Waals surface area contributed by atoms with Crippen LogP contribution in [0.3, 0.4) is 0 Å². The highest BCUT2D eigenvalue weighted by atomic mass is 16.5. The summed E-state index contributed by atoms with van der Waals surface area (Å²) in [6.45, 7) is 1.91. The van der Waals surface area contributed by atoms with E-state index in [1.807, 2.05) is 31.2 Å². The molecule has 0 radical (unpaired) electrons. The number of hydrogen-bond acceptors (Lipinski definition) is 4. The molecule has 1 heterocycles. The lowest BCUT2D eigenvalue weighted by Gasteiger charge is -2.09. The predicted octanol–water partition coefficient (Wildman–Crippen LogP) is 1.84. The molecule has 0 aliphatic heterocycles. The van der Waals surface area contributed by atoms with Gasteiger partial charge in [-0.25, -0.2) is 0 Å². The minimum Gasteiger partial charge on any atom is -0.496 e. The minimum atomic E-state index is 0.802. The maximum atomic E-state index is 5.40. The van der Waals surface area contributed by atoms with Gasteiger partial charge in [-0.05, 0) is 25.1 Å². The Bertz CT molecular complexity index is 496. The molecular formula is C11H13N3O. The van der Waals surface area contributed by atoms with Crippen LogP contribution in [0.15, 0.2) is 24.3 Å². The van der Waals surface area contributed by atoms with E-state index < -0.39 is 0 Å². The Balaban J connectivity index is 2.76. The summed E-state index contributed by atoms with van der Waals surface area (Å²) >= 11 is 0. The van der Waals surface area contributed by atoms with Crippen LogP contribution in [-0.2, 0) is 0 Å². The molecule has 0 saturated carbocycles. The van der Waals surface area contributed by atoms with Crippen LogP contribution < -0.4 is 16.0 Å². The fourth-order valence-electron chi connectivity index (χ4n) is 1.59. The lowest BCUT2D eigenvalue weighted by molar-refractivity contribution is 0.420. The number of aryl methyl sites for hydroxylation is 1. The van der Waals surface area contributed by atoms with Gasteiger partial charge in [-0.2, -0.15) is 0 Å². The quantitative estimate of drug-likeness (QED) is 0.577. The number of ether oxygens (including phenoxy) is 1. The van der Waals surface area contributed by atoms with Gasteiger partial charge in [0.15, 0.2) is 0 Å². The van der Waals surface area contributed by atoms with Crippen molar-refractivity contribution in [2.45, 2.75) is 6.92 Å². The maximum absolute atomic E-state index is 5.40. The highest BCUT2D eigenvalue weighted by molar-refractivity contribution is 5.88. The van der Waals surface area contributed by atoms with Gasteiger partial charge in [0.05, 0.1) is 24.0 Å². The molecule has 1 aromatic carbocycles. The second kappa shape index (κ2) is 3.74. The SMILES string of the molecule is COc1cccc2nc(C)c(NN)cc12. The third kappa shape index (κ3) is 1.59. The molecule has 0 bridgehead atoms. The zero-order valence-electron chi connectivity index (χ0n) is 8.74. The van der Waals surface area contributed by atoms with Crippen molar-refractivity contribution in [3.63, 3.8) is 0 Å². The number of rotatable bonds is 2. The Morgan fingerprint density at radius 3 is 2.87 bits per heavy atom. The Kier molecular flexibility index (Phi) is 2.43. The minimum absolute atomic E-state index is 0.802. The highest BCUT2D eigenvalue weighted by Gasteiger charge is 2.05. The number of methoxy groups -OCH3 is 1. The van der Waals surface area contributed by atoms with Crippen LogP contribution in [0.5, 0.6) is 5.75 Å². The van der Waals surface area contributed by atoms with Crippen molar-refractivity contribution in [3.05, 3.63) is 30.0 Å². The van der Waals surface area contributed by atoms with Gasteiger partial charge in [0, 0.05) is 5.39 Å².